The number of hydrogen-bond acceptors (Lipinski definition) is 1. The summed E-state index contributed by atoms with van der Waals surface area (Å²) >= 11 is 0. The maximum absolute atomic E-state index is 3.61. The summed E-state index contributed by atoms with van der Waals surface area (Å²) in [5.41, 5.74) is 1.36. The third-order valence-electron chi connectivity index (χ3n) is 2.88. The molecular weight excluding hydrogens is 158 g/mol. The molecule has 1 aliphatic rings. The smallest absolute Gasteiger partial charge is 0.0260 e. The number of rotatable bonds is 3. The van der Waals surface area contributed by atoms with E-state index in [4.69, 9.17) is 0 Å². The van der Waals surface area contributed by atoms with E-state index in [1.54, 1.807) is 0 Å². The number of hydrogen-bond donors (Lipinski definition) is 1. The van der Waals surface area contributed by atoms with Gasteiger partial charge in [0.15, 0.2) is 0 Å². The van der Waals surface area contributed by atoms with E-state index in [-0.39, 0.29) is 0 Å². The standard InChI is InChI=1S/C12H23N/c1-4-6-11(3)13-12-8-5-7-10(2)9-12/h6,10,12-13H,4-5,7-9H2,1-3H3/b11-6-. The third kappa shape index (κ3) is 3.84. The van der Waals surface area contributed by atoms with Gasteiger partial charge in [-0.2, -0.15) is 0 Å². The third-order valence-corrected chi connectivity index (χ3v) is 2.88. The zero-order valence-corrected chi connectivity index (χ0v) is 9.27. The first-order valence-corrected chi connectivity index (χ1v) is 5.65. The van der Waals surface area contributed by atoms with Gasteiger partial charge in [0.05, 0.1) is 0 Å². The van der Waals surface area contributed by atoms with Crippen LogP contribution in [-0.4, -0.2) is 6.04 Å². The van der Waals surface area contributed by atoms with Gasteiger partial charge in [-0.3, -0.25) is 0 Å². The molecule has 13 heavy (non-hydrogen) atoms. The van der Waals surface area contributed by atoms with Gasteiger partial charge < -0.3 is 5.32 Å². The Labute approximate surface area is 82.6 Å². The fraction of sp³-hybridized carbons (Fsp3) is 0.833. The highest BCUT2D eigenvalue weighted by atomic mass is 14.9. The minimum Gasteiger partial charge on any atom is -0.386 e. The van der Waals surface area contributed by atoms with Gasteiger partial charge >= 0.3 is 0 Å². The van der Waals surface area contributed by atoms with Gasteiger partial charge in [0.25, 0.3) is 0 Å². The van der Waals surface area contributed by atoms with Gasteiger partial charge in [-0.05, 0) is 32.1 Å². The Morgan fingerprint density at radius 1 is 1.46 bits per heavy atom. The predicted molar refractivity (Wildman–Crippen MR) is 58.6 cm³/mol. The molecule has 1 fully saturated rings. The quantitative estimate of drug-likeness (QED) is 0.703. The maximum Gasteiger partial charge on any atom is 0.0260 e. The Bertz CT molecular complexity index is 172. The van der Waals surface area contributed by atoms with E-state index >= 15 is 0 Å². The lowest BCUT2D eigenvalue weighted by atomic mass is 9.87. The Balaban J connectivity index is 2.31. The van der Waals surface area contributed by atoms with Gasteiger partial charge in [-0.25, -0.2) is 0 Å². The molecule has 0 aliphatic heterocycles. The van der Waals surface area contributed by atoms with Crippen molar-refractivity contribution in [3.63, 3.8) is 0 Å². The molecular formula is C12H23N. The molecule has 2 atom stereocenters. The first-order chi connectivity index (χ1) is 6.22. The van der Waals surface area contributed by atoms with E-state index in [1.807, 2.05) is 0 Å². The molecule has 0 aromatic carbocycles. The second kappa shape index (κ2) is 5.31. The SMILES string of the molecule is CC/C=C(/C)NC1CCCC(C)C1. The van der Waals surface area contributed by atoms with E-state index in [0.29, 0.717) is 0 Å². The summed E-state index contributed by atoms with van der Waals surface area (Å²) in [5.74, 6) is 0.917. The molecule has 1 aliphatic carbocycles. The molecule has 0 spiro atoms. The lowest BCUT2D eigenvalue weighted by molar-refractivity contribution is 0.315. The van der Waals surface area contributed by atoms with Crippen molar-refractivity contribution in [3.8, 4) is 0 Å². The van der Waals surface area contributed by atoms with Crippen molar-refractivity contribution >= 4 is 0 Å². The van der Waals surface area contributed by atoms with Crippen LogP contribution in [0, 0.1) is 5.92 Å². The molecule has 1 rings (SSSR count). The Kier molecular flexibility index (Phi) is 4.34. The molecule has 0 heterocycles. The highest BCUT2D eigenvalue weighted by molar-refractivity contribution is 4.97. The summed E-state index contributed by atoms with van der Waals surface area (Å²) in [6.45, 7) is 6.74. The van der Waals surface area contributed by atoms with Crippen molar-refractivity contribution in [2.75, 3.05) is 0 Å². The maximum atomic E-state index is 3.61. The molecule has 0 bridgehead atoms. The van der Waals surface area contributed by atoms with Gasteiger partial charge in [0, 0.05) is 11.7 Å². The molecule has 0 aromatic heterocycles. The van der Waals surface area contributed by atoms with Crippen LogP contribution in [0.4, 0.5) is 0 Å². The van der Waals surface area contributed by atoms with Gasteiger partial charge in [-0.15, -0.1) is 0 Å². The Morgan fingerprint density at radius 3 is 2.85 bits per heavy atom. The lowest BCUT2D eigenvalue weighted by Gasteiger charge is -2.28. The van der Waals surface area contributed by atoms with Gasteiger partial charge in [0.2, 0.25) is 0 Å². The average molecular weight is 181 g/mol. The van der Waals surface area contributed by atoms with Crippen molar-refractivity contribution in [1.82, 2.24) is 5.32 Å². The number of allylic oxidation sites excluding steroid dienone is 2. The molecule has 76 valence electrons. The summed E-state index contributed by atoms with van der Waals surface area (Å²) in [6, 6.07) is 0.742. The minimum absolute atomic E-state index is 0.742. The van der Waals surface area contributed by atoms with E-state index < -0.39 is 0 Å². The largest absolute Gasteiger partial charge is 0.386 e. The molecule has 2 unspecified atom stereocenters. The minimum atomic E-state index is 0.742. The summed E-state index contributed by atoms with van der Waals surface area (Å²) < 4.78 is 0. The summed E-state index contributed by atoms with van der Waals surface area (Å²) in [7, 11) is 0. The molecule has 0 aromatic rings. The molecule has 1 heteroatoms. The Hall–Kier alpha value is -0.460. The summed E-state index contributed by atoms with van der Waals surface area (Å²) in [6.07, 6.45) is 8.96. The highest BCUT2D eigenvalue weighted by Crippen LogP contribution is 2.23. The van der Waals surface area contributed by atoms with E-state index in [1.165, 1.54) is 31.4 Å². The second-order valence-corrected chi connectivity index (χ2v) is 4.41. The molecule has 0 radical (unpaired) electrons. The van der Waals surface area contributed by atoms with Crippen LogP contribution in [-0.2, 0) is 0 Å². The van der Waals surface area contributed by atoms with Crippen LogP contribution >= 0.6 is 0 Å². The van der Waals surface area contributed by atoms with Gasteiger partial charge in [0.1, 0.15) is 0 Å². The van der Waals surface area contributed by atoms with Gasteiger partial charge in [-0.1, -0.05) is 32.8 Å². The first kappa shape index (κ1) is 10.6. The van der Waals surface area contributed by atoms with Crippen molar-refractivity contribution < 1.29 is 0 Å². The highest BCUT2D eigenvalue weighted by Gasteiger charge is 2.17. The van der Waals surface area contributed by atoms with E-state index in [9.17, 15) is 0 Å². The Morgan fingerprint density at radius 2 is 2.23 bits per heavy atom. The van der Waals surface area contributed by atoms with Crippen molar-refractivity contribution in [2.24, 2.45) is 5.92 Å². The van der Waals surface area contributed by atoms with Crippen LogP contribution in [0.1, 0.15) is 52.9 Å². The van der Waals surface area contributed by atoms with E-state index in [0.717, 1.165) is 18.4 Å². The summed E-state index contributed by atoms with van der Waals surface area (Å²) in [5, 5.41) is 3.61. The fourth-order valence-corrected chi connectivity index (χ4v) is 2.25. The molecule has 0 saturated heterocycles. The molecule has 1 nitrogen and oxygen atoms in total. The fourth-order valence-electron chi connectivity index (χ4n) is 2.25. The zero-order valence-electron chi connectivity index (χ0n) is 9.27. The zero-order chi connectivity index (χ0) is 9.68. The van der Waals surface area contributed by atoms with Crippen molar-refractivity contribution in [2.45, 2.75) is 58.9 Å². The number of nitrogens with one attached hydrogen (secondary N) is 1. The monoisotopic (exact) mass is 181 g/mol. The lowest BCUT2D eigenvalue weighted by Crippen LogP contribution is -2.32. The van der Waals surface area contributed by atoms with Crippen LogP contribution in [0.3, 0.4) is 0 Å². The van der Waals surface area contributed by atoms with Crippen molar-refractivity contribution in [1.29, 1.82) is 0 Å². The summed E-state index contributed by atoms with van der Waals surface area (Å²) in [4.78, 5) is 0. The normalized spacial score (nSPS) is 30.2. The van der Waals surface area contributed by atoms with Crippen LogP contribution in [0.5, 0.6) is 0 Å². The second-order valence-electron chi connectivity index (χ2n) is 4.41. The predicted octanol–water partition coefficient (Wildman–Crippen LogP) is 3.47. The van der Waals surface area contributed by atoms with Crippen LogP contribution in [0.15, 0.2) is 11.8 Å². The topological polar surface area (TPSA) is 12.0 Å². The molecule has 1 saturated carbocycles. The molecule has 0 amide bonds. The van der Waals surface area contributed by atoms with Crippen LogP contribution < -0.4 is 5.32 Å². The van der Waals surface area contributed by atoms with Crippen molar-refractivity contribution in [3.05, 3.63) is 11.8 Å². The average Bonchev–Trinajstić information content (AvgIpc) is 2.04. The van der Waals surface area contributed by atoms with Crippen LogP contribution in [0.25, 0.3) is 0 Å². The van der Waals surface area contributed by atoms with Crippen LogP contribution in [0.2, 0.25) is 0 Å². The first-order valence-electron chi connectivity index (χ1n) is 5.65. The van der Waals surface area contributed by atoms with E-state index in [2.05, 4.69) is 32.2 Å². The molecule has 1 N–H and O–H groups in total.